The maximum atomic E-state index is 12.5. The first-order valence-electron chi connectivity index (χ1n) is 18.8. The Balaban J connectivity index is 2.14. The van der Waals surface area contributed by atoms with Crippen molar-refractivity contribution < 1.29 is 65.0 Å². The molecule has 0 aromatic heterocycles. The van der Waals surface area contributed by atoms with E-state index in [9.17, 15) is 55.5 Å². The highest BCUT2D eigenvalue weighted by molar-refractivity contribution is 5.71. The molecule has 2 heterocycles. The zero-order valence-corrected chi connectivity index (χ0v) is 31.5. The van der Waals surface area contributed by atoms with E-state index in [0.29, 0.717) is 6.42 Å². The molecule has 0 aromatic rings. The Morgan fingerprint density at radius 3 is 1.85 bits per heavy atom. The predicted octanol–water partition coefficient (Wildman–Crippen LogP) is 2.92. The number of rotatable bonds is 1. The zero-order chi connectivity index (χ0) is 40.3. The number of carboxylic acid groups (broad SMARTS) is 1. The lowest BCUT2D eigenvalue weighted by atomic mass is 9.83. The molecule has 2 aliphatic rings. The summed E-state index contributed by atoms with van der Waals surface area (Å²) in [6.07, 6.45) is 13.3. The molecule has 1 saturated heterocycles. The number of esters is 1. The Hall–Kier alpha value is -3.24. The Bertz CT molecular complexity index is 1340. The van der Waals surface area contributed by atoms with E-state index in [1.165, 1.54) is 0 Å². The van der Waals surface area contributed by atoms with Crippen LogP contribution in [0.5, 0.6) is 0 Å². The van der Waals surface area contributed by atoms with Crippen LogP contribution in [0.3, 0.4) is 0 Å². The van der Waals surface area contributed by atoms with Crippen LogP contribution in [0.25, 0.3) is 0 Å². The number of aliphatic hydroxyl groups is 8. The Morgan fingerprint density at radius 1 is 0.685 bits per heavy atom. The quantitative estimate of drug-likeness (QED) is 0.175. The fraction of sp³-hybridized carbons (Fsp3) is 0.610. The monoisotopic (exact) mass is 762 g/mol. The smallest absolute Gasteiger partial charge is 0.311 e. The Labute approximate surface area is 318 Å². The summed E-state index contributed by atoms with van der Waals surface area (Å²) in [5.74, 6) is -6.05. The topological polar surface area (TPSA) is 235 Å². The van der Waals surface area contributed by atoms with Crippen molar-refractivity contribution in [1.82, 2.24) is 0 Å². The lowest BCUT2D eigenvalue weighted by Gasteiger charge is -2.44. The van der Waals surface area contributed by atoms with Crippen LogP contribution in [0.4, 0.5) is 0 Å². The van der Waals surface area contributed by atoms with Gasteiger partial charge in [-0.3, -0.25) is 9.59 Å². The fourth-order valence-electron chi connectivity index (χ4n) is 6.50. The molecule has 54 heavy (non-hydrogen) atoms. The predicted molar refractivity (Wildman–Crippen MR) is 202 cm³/mol. The Morgan fingerprint density at radius 2 is 1.26 bits per heavy atom. The summed E-state index contributed by atoms with van der Waals surface area (Å²) in [7, 11) is 0. The molecule has 0 saturated carbocycles. The molecular formula is C41H62O13. The molecule has 2 bridgehead atoms. The van der Waals surface area contributed by atoms with Crippen LogP contribution in [0, 0.1) is 17.8 Å². The molecule has 1 fully saturated rings. The van der Waals surface area contributed by atoms with Crippen LogP contribution in [-0.2, 0) is 19.1 Å². The summed E-state index contributed by atoms with van der Waals surface area (Å²) in [5, 5.41) is 94.9. The number of hydrogen-bond acceptors (Lipinski definition) is 12. The number of aliphatic carboxylic acids is 1. The molecule has 0 radical (unpaired) electrons. The lowest BCUT2D eigenvalue weighted by molar-refractivity contribution is -0.298. The number of hydrogen-bond donors (Lipinski definition) is 9. The summed E-state index contributed by atoms with van der Waals surface area (Å²) < 4.78 is 11.2. The van der Waals surface area contributed by atoms with Gasteiger partial charge in [-0.2, -0.15) is 0 Å². The summed E-state index contributed by atoms with van der Waals surface area (Å²) in [4.78, 5) is 24.5. The van der Waals surface area contributed by atoms with Gasteiger partial charge in [0.2, 0.25) is 0 Å². The molecule has 13 heteroatoms. The second kappa shape index (κ2) is 24.3. The van der Waals surface area contributed by atoms with Crippen LogP contribution < -0.4 is 0 Å². The van der Waals surface area contributed by atoms with Crippen LogP contribution in [0.1, 0.15) is 78.6 Å². The number of cyclic esters (lactones) is 1. The van der Waals surface area contributed by atoms with Gasteiger partial charge in [-0.25, -0.2) is 0 Å². The van der Waals surface area contributed by atoms with Gasteiger partial charge in [0.25, 0.3) is 0 Å². The van der Waals surface area contributed by atoms with Crippen molar-refractivity contribution in [3.05, 3.63) is 85.1 Å². The fourth-order valence-corrected chi connectivity index (χ4v) is 6.50. The SMILES string of the molecule is C[C@@H]1[C@H](O)[C@@H](C)C=CC=CC=CC=CC=CC=CC=CCC[C@@H]2O[C@](O)(C[C@@H](O)C[C@@H](O)[C@H](O)CC[C@@H](O)C[C@@H](O)CC(=O)O[C@H]1C)C[C@H](O)[C@H]2C(=O)O. The van der Waals surface area contributed by atoms with Crippen molar-refractivity contribution in [2.24, 2.45) is 17.8 Å². The average molecular weight is 763 g/mol. The van der Waals surface area contributed by atoms with E-state index in [1.807, 2.05) is 73.8 Å². The molecular weight excluding hydrogens is 700 g/mol. The van der Waals surface area contributed by atoms with Crippen molar-refractivity contribution in [3.63, 3.8) is 0 Å². The van der Waals surface area contributed by atoms with Crippen molar-refractivity contribution in [3.8, 4) is 0 Å². The van der Waals surface area contributed by atoms with Crippen molar-refractivity contribution in [1.29, 1.82) is 0 Å². The number of ether oxygens (including phenoxy) is 2. The molecule has 0 aromatic carbocycles. The first-order chi connectivity index (χ1) is 25.5. The van der Waals surface area contributed by atoms with E-state index >= 15 is 0 Å². The molecule has 304 valence electrons. The van der Waals surface area contributed by atoms with Gasteiger partial charge in [-0.1, -0.05) is 98.9 Å². The summed E-state index contributed by atoms with van der Waals surface area (Å²) >= 11 is 0. The second-order valence-electron chi connectivity index (χ2n) is 14.5. The number of carbonyl (C=O) groups is 2. The number of carboxylic acids is 1. The maximum Gasteiger partial charge on any atom is 0.311 e. The number of aliphatic hydroxyl groups excluding tert-OH is 7. The second-order valence-corrected chi connectivity index (χ2v) is 14.5. The number of allylic oxidation sites excluding steroid dienone is 13. The van der Waals surface area contributed by atoms with E-state index in [-0.39, 0.29) is 31.6 Å². The van der Waals surface area contributed by atoms with Crippen LogP contribution in [-0.4, -0.2) is 119 Å². The Kier molecular flexibility index (Phi) is 21.1. The minimum absolute atomic E-state index is 0.0492. The van der Waals surface area contributed by atoms with Gasteiger partial charge < -0.3 is 55.4 Å². The van der Waals surface area contributed by atoms with Crippen molar-refractivity contribution >= 4 is 11.9 Å². The van der Waals surface area contributed by atoms with Crippen molar-refractivity contribution in [2.45, 2.75) is 139 Å². The summed E-state index contributed by atoms with van der Waals surface area (Å²) in [5.41, 5.74) is 0. The van der Waals surface area contributed by atoms with E-state index in [2.05, 4.69) is 0 Å². The summed E-state index contributed by atoms with van der Waals surface area (Å²) in [6.45, 7) is 5.27. The van der Waals surface area contributed by atoms with E-state index < -0.39 is 110 Å². The molecule has 13 nitrogen and oxygen atoms in total. The largest absolute Gasteiger partial charge is 0.481 e. The van der Waals surface area contributed by atoms with Crippen LogP contribution in [0.2, 0.25) is 0 Å². The minimum atomic E-state index is -2.10. The lowest BCUT2D eigenvalue weighted by Crippen LogP contribution is -2.55. The van der Waals surface area contributed by atoms with E-state index in [4.69, 9.17) is 9.47 Å². The molecule has 2 rings (SSSR count). The molecule has 0 amide bonds. The highest BCUT2D eigenvalue weighted by atomic mass is 16.6. The number of carbonyl (C=O) groups excluding carboxylic acids is 1. The molecule has 0 spiro atoms. The molecule has 2 aliphatic heterocycles. The van der Waals surface area contributed by atoms with Crippen molar-refractivity contribution in [2.75, 3.05) is 0 Å². The molecule has 13 atom stereocenters. The number of fused-ring (bicyclic) bond motifs is 2. The van der Waals surface area contributed by atoms with Gasteiger partial charge in [0, 0.05) is 31.1 Å². The highest BCUT2D eigenvalue weighted by Crippen LogP contribution is 2.37. The van der Waals surface area contributed by atoms with Gasteiger partial charge in [0.1, 0.15) is 12.0 Å². The average Bonchev–Trinajstić information content (AvgIpc) is 3.08. The van der Waals surface area contributed by atoms with Gasteiger partial charge in [-0.05, 0) is 39.0 Å². The van der Waals surface area contributed by atoms with Gasteiger partial charge in [0.15, 0.2) is 5.79 Å². The third-order valence-electron chi connectivity index (χ3n) is 9.78. The highest BCUT2D eigenvalue weighted by Gasteiger charge is 2.49. The third-order valence-corrected chi connectivity index (χ3v) is 9.78. The maximum absolute atomic E-state index is 12.5. The molecule has 0 aliphatic carbocycles. The minimum Gasteiger partial charge on any atom is -0.481 e. The standard InChI is InChI=1S/C41H62O13/c1-27-18-16-14-12-10-8-6-4-5-7-9-11-13-15-17-19-36-38(40(50)51)35(47)26-41(52,54-36)25-32(44)23-34(46)33(45)21-20-30(42)22-31(43)24-37(48)53-29(3)28(2)39(27)49/h4-16,18,27-36,38-39,42-47,49,52H,17,19-26H2,1-3H3,(H,50,51)/t27-,28-,29-,30+,31+,32-,33+,34+,35-,36-,38+,39+,41+/m0/s1. The molecule has 9 N–H and O–H groups in total. The van der Waals surface area contributed by atoms with Gasteiger partial charge >= 0.3 is 11.9 Å². The van der Waals surface area contributed by atoms with Gasteiger partial charge in [-0.15, -0.1) is 0 Å². The normalized spacial score (nSPS) is 38.2. The van der Waals surface area contributed by atoms with Gasteiger partial charge in [0.05, 0.1) is 55.3 Å². The first-order valence-corrected chi connectivity index (χ1v) is 18.8. The van der Waals surface area contributed by atoms with E-state index in [0.717, 1.165) is 0 Å². The first kappa shape index (κ1) is 46.9. The zero-order valence-electron chi connectivity index (χ0n) is 31.5. The van der Waals surface area contributed by atoms with Crippen LogP contribution in [0.15, 0.2) is 85.1 Å². The summed E-state index contributed by atoms with van der Waals surface area (Å²) in [6, 6.07) is 0. The van der Waals surface area contributed by atoms with E-state index in [1.54, 1.807) is 32.1 Å². The molecule has 0 unspecified atom stereocenters. The van der Waals surface area contributed by atoms with Crippen LogP contribution >= 0.6 is 0 Å². The third kappa shape index (κ3) is 17.5.